The molecule has 0 atom stereocenters. The summed E-state index contributed by atoms with van der Waals surface area (Å²) in [5, 5.41) is 2.07. The van der Waals surface area contributed by atoms with E-state index in [4.69, 9.17) is 0 Å². The topological polar surface area (TPSA) is 57.2 Å². The Bertz CT molecular complexity index is 940. The molecule has 2 aromatic rings. The van der Waals surface area contributed by atoms with Gasteiger partial charge in [0.1, 0.15) is 10.1 Å². The van der Waals surface area contributed by atoms with Crippen molar-refractivity contribution in [3.8, 4) is 0 Å². The van der Waals surface area contributed by atoms with Gasteiger partial charge < -0.3 is 4.55 Å². The SMILES string of the molecule is CCCCCCCCCCc1cccc2cc(S(=O)(=O)[O-])cc(CCCCCCCCCC)c12.[K+]. The number of benzene rings is 2. The Morgan fingerprint density at radius 3 is 1.57 bits per heavy atom. The van der Waals surface area contributed by atoms with E-state index in [1.54, 1.807) is 12.1 Å². The molecule has 0 bridgehead atoms. The van der Waals surface area contributed by atoms with E-state index in [2.05, 4.69) is 19.9 Å². The van der Waals surface area contributed by atoms with Crippen molar-refractivity contribution >= 4 is 20.9 Å². The first kappa shape index (κ1) is 33.3. The van der Waals surface area contributed by atoms with Crippen LogP contribution in [0.15, 0.2) is 35.2 Å². The normalized spacial score (nSPS) is 11.6. The van der Waals surface area contributed by atoms with Gasteiger partial charge in [-0.25, -0.2) is 8.42 Å². The van der Waals surface area contributed by atoms with E-state index in [1.807, 2.05) is 12.1 Å². The van der Waals surface area contributed by atoms with Gasteiger partial charge in [0.05, 0.1) is 4.90 Å². The van der Waals surface area contributed by atoms with E-state index < -0.39 is 10.1 Å². The van der Waals surface area contributed by atoms with Gasteiger partial charge in [0, 0.05) is 0 Å². The molecular weight excluding hydrogens is 479 g/mol. The van der Waals surface area contributed by atoms with Crippen LogP contribution in [0.1, 0.15) is 128 Å². The van der Waals surface area contributed by atoms with Crippen molar-refractivity contribution in [1.29, 1.82) is 0 Å². The first-order valence-electron chi connectivity index (χ1n) is 14.0. The van der Waals surface area contributed by atoms with Crippen LogP contribution in [0.25, 0.3) is 10.8 Å². The molecule has 0 aliphatic carbocycles. The van der Waals surface area contributed by atoms with Crippen molar-refractivity contribution in [3.63, 3.8) is 0 Å². The second-order valence-corrected chi connectivity index (χ2v) is 11.4. The van der Waals surface area contributed by atoms with Crippen LogP contribution in [-0.4, -0.2) is 13.0 Å². The fourth-order valence-electron chi connectivity index (χ4n) is 5.02. The van der Waals surface area contributed by atoms with Crippen molar-refractivity contribution in [2.24, 2.45) is 0 Å². The third-order valence-corrected chi connectivity index (χ3v) is 7.82. The van der Waals surface area contributed by atoms with Crippen molar-refractivity contribution in [2.45, 2.75) is 134 Å². The molecule has 0 fully saturated rings. The van der Waals surface area contributed by atoms with Gasteiger partial charge in [-0.05, 0) is 59.7 Å². The van der Waals surface area contributed by atoms with Crippen LogP contribution in [0.3, 0.4) is 0 Å². The summed E-state index contributed by atoms with van der Waals surface area (Å²) < 4.78 is 35.4. The minimum atomic E-state index is -4.46. The van der Waals surface area contributed by atoms with E-state index in [0.717, 1.165) is 43.1 Å². The molecule has 0 spiro atoms. The first-order chi connectivity index (χ1) is 16.5. The summed E-state index contributed by atoms with van der Waals surface area (Å²) in [6, 6.07) is 9.38. The van der Waals surface area contributed by atoms with Gasteiger partial charge in [0.2, 0.25) is 0 Å². The average Bonchev–Trinajstić information content (AvgIpc) is 2.81. The Balaban J connectivity index is 0.00000612. The van der Waals surface area contributed by atoms with E-state index in [1.165, 1.54) is 94.4 Å². The molecule has 0 heterocycles. The summed E-state index contributed by atoms with van der Waals surface area (Å²) in [4.78, 5) is -0.0844. The van der Waals surface area contributed by atoms with Crippen LogP contribution < -0.4 is 51.4 Å². The molecule has 0 aliphatic rings. The zero-order valence-electron chi connectivity index (χ0n) is 22.7. The molecule has 0 amide bonds. The van der Waals surface area contributed by atoms with Gasteiger partial charge >= 0.3 is 51.4 Å². The molecule has 0 radical (unpaired) electrons. The third-order valence-electron chi connectivity index (χ3n) is 7.01. The zero-order valence-corrected chi connectivity index (χ0v) is 26.7. The summed E-state index contributed by atoms with van der Waals surface area (Å²) in [6.07, 6.45) is 22.1. The van der Waals surface area contributed by atoms with Crippen molar-refractivity contribution in [3.05, 3.63) is 41.5 Å². The standard InChI is InChI=1S/C30H48O3S.K/c1-3-5-7-9-11-13-15-17-20-26-22-19-23-28-25-29(34(31,32)33)24-27(30(26)28)21-18-16-14-12-10-8-6-4-2;/h19,22-25H,3-18,20-21H2,1-2H3,(H,31,32,33);/q;+1/p-1. The molecule has 5 heteroatoms. The van der Waals surface area contributed by atoms with Crippen molar-refractivity contribution in [2.75, 3.05) is 0 Å². The van der Waals surface area contributed by atoms with E-state index in [9.17, 15) is 13.0 Å². The quantitative estimate of drug-likeness (QED) is 0.126. The molecule has 2 aromatic carbocycles. The predicted molar refractivity (Wildman–Crippen MR) is 145 cm³/mol. The van der Waals surface area contributed by atoms with Crippen LogP contribution in [-0.2, 0) is 23.0 Å². The Labute approximate surface area is 258 Å². The Kier molecular flexibility index (Phi) is 18.4. The molecule has 192 valence electrons. The largest absolute Gasteiger partial charge is 1.00 e. The van der Waals surface area contributed by atoms with Gasteiger partial charge in [-0.1, -0.05) is 122 Å². The minimum absolute atomic E-state index is 0. The Morgan fingerprint density at radius 2 is 1.09 bits per heavy atom. The van der Waals surface area contributed by atoms with Crippen LogP contribution in [0.4, 0.5) is 0 Å². The van der Waals surface area contributed by atoms with Crippen LogP contribution >= 0.6 is 0 Å². The number of unbranched alkanes of at least 4 members (excludes halogenated alkanes) is 14. The van der Waals surface area contributed by atoms with Crippen molar-refractivity contribution < 1.29 is 64.4 Å². The van der Waals surface area contributed by atoms with Crippen LogP contribution in [0.5, 0.6) is 0 Å². The smallest absolute Gasteiger partial charge is 0.744 e. The molecule has 0 aromatic heterocycles. The summed E-state index contributed by atoms with van der Waals surface area (Å²) in [5.74, 6) is 0. The van der Waals surface area contributed by atoms with Crippen LogP contribution in [0.2, 0.25) is 0 Å². The predicted octanol–water partition coefficient (Wildman–Crippen LogP) is 6.11. The number of aryl methyl sites for hydroxylation is 2. The molecule has 0 unspecified atom stereocenters. The summed E-state index contributed by atoms with van der Waals surface area (Å²) in [5.41, 5.74) is 2.33. The molecule has 35 heavy (non-hydrogen) atoms. The monoisotopic (exact) mass is 526 g/mol. The van der Waals surface area contributed by atoms with Gasteiger partial charge in [-0.2, -0.15) is 0 Å². The first-order valence-corrected chi connectivity index (χ1v) is 15.4. The molecule has 0 saturated carbocycles. The fourth-order valence-corrected chi connectivity index (χ4v) is 5.58. The maximum absolute atomic E-state index is 11.8. The average molecular weight is 527 g/mol. The maximum Gasteiger partial charge on any atom is 1.00 e. The number of fused-ring (bicyclic) bond motifs is 1. The Morgan fingerprint density at radius 1 is 0.629 bits per heavy atom. The minimum Gasteiger partial charge on any atom is -0.744 e. The van der Waals surface area contributed by atoms with E-state index in [-0.39, 0.29) is 56.3 Å². The molecular formula is C30H47KO3S. The number of rotatable bonds is 19. The number of hydrogen-bond acceptors (Lipinski definition) is 3. The van der Waals surface area contributed by atoms with Crippen molar-refractivity contribution in [1.82, 2.24) is 0 Å². The maximum atomic E-state index is 11.8. The van der Waals surface area contributed by atoms with Crippen LogP contribution in [0, 0.1) is 0 Å². The third kappa shape index (κ3) is 13.0. The molecule has 0 aliphatic heterocycles. The van der Waals surface area contributed by atoms with E-state index >= 15 is 0 Å². The van der Waals surface area contributed by atoms with Gasteiger partial charge in [-0.3, -0.25) is 0 Å². The molecule has 0 N–H and O–H groups in total. The molecule has 2 rings (SSSR count). The number of hydrogen-bond donors (Lipinski definition) is 0. The fraction of sp³-hybridized carbons (Fsp3) is 0.667. The Hall–Kier alpha value is 0.246. The summed E-state index contributed by atoms with van der Waals surface area (Å²) in [6.45, 7) is 4.49. The van der Waals surface area contributed by atoms with Gasteiger partial charge in [0.25, 0.3) is 0 Å². The zero-order chi connectivity index (χ0) is 24.7. The summed E-state index contributed by atoms with van der Waals surface area (Å²) in [7, 11) is -4.46. The molecule has 0 saturated heterocycles. The van der Waals surface area contributed by atoms with Gasteiger partial charge in [-0.15, -0.1) is 0 Å². The molecule has 3 nitrogen and oxygen atoms in total. The second-order valence-electron chi connectivity index (χ2n) is 10.0. The summed E-state index contributed by atoms with van der Waals surface area (Å²) >= 11 is 0. The van der Waals surface area contributed by atoms with Gasteiger partial charge in [0.15, 0.2) is 0 Å². The second kappa shape index (κ2) is 19.3. The van der Waals surface area contributed by atoms with E-state index in [0.29, 0.717) is 0 Å².